The van der Waals surface area contributed by atoms with Gasteiger partial charge in [-0.1, -0.05) is 153 Å². The van der Waals surface area contributed by atoms with Crippen molar-refractivity contribution in [2.45, 2.75) is 187 Å². The van der Waals surface area contributed by atoms with Crippen molar-refractivity contribution in [1.29, 1.82) is 0 Å². The van der Waals surface area contributed by atoms with Crippen molar-refractivity contribution >= 4 is 19.8 Å². The van der Waals surface area contributed by atoms with Crippen LogP contribution < -0.4 is 0 Å². The Bertz CT molecular complexity index is 1020. The van der Waals surface area contributed by atoms with E-state index >= 15 is 0 Å². The highest BCUT2D eigenvalue weighted by atomic mass is 31.2. The third kappa shape index (κ3) is 39.9. The molecule has 1 N–H and O–H groups in total. The molecule has 54 heavy (non-hydrogen) atoms. The molecule has 316 valence electrons. The van der Waals surface area contributed by atoms with E-state index in [1.807, 2.05) is 21.1 Å². The van der Waals surface area contributed by atoms with Gasteiger partial charge in [0.1, 0.15) is 19.8 Å². The Balaban J connectivity index is 4.42. The molecule has 0 radical (unpaired) electrons. The minimum atomic E-state index is -4.38. The Labute approximate surface area is 331 Å². The summed E-state index contributed by atoms with van der Waals surface area (Å²) in [7, 11) is 1.46. The first-order valence-electron chi connectivity index (χ1n) is 21.7. The highest BCUT2D eigenvalue weighted by Crippen LogP contribution is 2.43. The standard InChI is InChI=1S/C44H82NO8P/c1-6-8-10-12-14-16-18-20-22-24-26-28-30-32-34-36-43(46)50-40-42(41-52-54(48,49)51-39-38-45(3,4)5)53-44(47)37-35-33-31-29-27-25-23-21-19-17-15-13-11-9-7-2/h14,16,20,22,26,28,42H,6-13,15,17-19,21,23-25,27,29-41H2,1-5H3/p+1/b16-14+,22-20+,28-26+/t42-/m1/s1. The van der Waals surface area contributed by atoms with Gasteiger partial charge in [-0.05, 0) is 51.4 Å². The minimum absolute atomic E-state index is 0.0264. The number of rotatable bonds is 39. The number of esters is 2. The molecule has 0 aliphatic heterocycles. The van der Waals surface area contributed by atoms with Crippen LogP contribution in [0.2, 0.25) is 0 Å². The first-order chi connectivity index (χ1) is 26.0. The molecule has 0 spiro atoms. The molecule has 0 aliphatic carbocycles. The minimum Gasteiger partial charge on any atom is -0.462 e. The molecule has 0 bridgehead atoms. The van der Waals surface area contributed by atoms with Gasteiger partial charge in [-0.2, -0.15) is 0 Å². The summed E-state index contributed by atoms with van der Waals surface area (Å²) >= 11 is 0. The van der Waals surface area contributed by atoms with Crippen LogP contribution in [0.25, 0.3) is 0 Å². The first-order valence-corrected chi connectivity index (χ1v) is 23.2. The topological polar surface area (TPSA) is 108 Å². The van der Waals surface area contributed by atoms with Crippen molar-refractivity contribution in [1.82, 2.24) is 0 Å². The lowest BCUT2D eigenvalue weighted by Gasteiger charge is -2.24. The quantitative estimate of drug-likeness (QED) is 0.0216. The highest BCUT2D eigenvalue weighted by molar-refractivity contribution is 7.47. The maximum absolute atomic E-state index is 12.7. The molecule has 0 amide bonds. The Kier molecular flexibility index (Phi) is 35.6. The Morgan fingerprint density at radius 3 is 1.52 bits per heavy atom. The third-order valence-corrected chi connectivity index (χ3v) is 10.2. The van der Waals surface area contributed by atoms with Gasteiger partial charge in [0.15, 0.2) is 6.10 Å². The fraction of sp³-hybridized carbons (Fsp3) is 0.818. The molecule has 0 saturated heterocycles. The number of unbranched alkanes of at least 4 members (excludes halogenated alkanes) is 19. The molecule has 0 saturated carbocycles. The summed E-state index contributed by atoms with van der Waals surface area (Å²) in [6.07, 6.45) is 40.5. The van der Waals surface area contributed by atoms with Crippen LogP contribution in [0.15, 0.2) is 36.5 Å². The molecule has 0 heterocycles. The number of ether oxygens (including phenoxy) is 2. The number of quaternary nitrogens is 1. The lowest BCUT2D eigenvalue weighted by molar-refractivity contribution is -0.870. The predicted molar refractivity (Wildman–Crippen MR) is 224 cm³/mol. The van der Waals surface area contributed by atoms with Crippen LogP contribution in [-0.2, 0) is 32.7 Å². The molecule has 2 atom stereocenters. The number of carbonyl (C=O) groups is 2. The normalized spacial score (nSPS) is 14.0. The van der Waals surface area contributed by atoms with E-state index in [9.17, 15) is 19.0 Å². The second-order valence-corrected chi connectivity index (χ2v) is 17.2. The maximum atomic E-state index is 12.7. The summed E-state index contributed by atoms with van der Waals surface area (Å²) in [4.78, 5) is 35.3. The smallest absolute Gasteiger partial charge is 0.462 e. The SMILES string of the molecule is CCCCC/C=C/C/C=C/C/C=C/CCCCC(=O)OC[C@H](COP(=O)(O)OCC[N+](C)(C)C)OC(=O)CCCCCCCCCCCCCCCCC. The van der Waals surface area contributed by atoms with E-state index in [0.29, 0.717) is 23.9 Å². The van der Waals surface area contributed by atoms with Crippen molar-refractivity contribution in [3.8, 4) is 0 Å². The summed E-state index contributed by atoms with van der Waals surface area (Å²) in [6, 6.07) is 0. The first kappa shape index (κ1) is 52.2. The van der Waals surface area contributed by atoms with Gasteiger partial charge in [0.25, 0.3) is 0 Å². The van der Waals surface area contributed by atoms with Crippen LogP contribution in [0.4, 0.5) is 0 Å². The second-order valence-electron chi connectivity index (χ2n) is 15.7. The number of nitrogens with zero attached hydrogens (tertiary/aromatic N) is 1. The fourth-order valence-electron chi connectivity index (χ4n) is 5.73. The van der Waals surface area contributed by atoms with E-state index in [-0.39, 0.29) is 26.1 Å². The van der Waals surface area contributed by atoms with Gasteiger partial charge in [-0.3, -0.25) is 18.6 Å². The number of allylic oxidation sites excluding steroid dienone is 6. The molecular formula is C44H83NO8P+. The summed E-state index contributed by atoms with van der Waals surface area (Å²) in [5, 5.41) is 0. The fourth-order valence-corrected chi connectivity index (χ4v) is 6.47. The van der Waals surface area contributed by atoms with Gasteiger partial charge in [0.2, 0.25) is 0 Å². The van der Waals surface area contributed by atoms with Crippen molar-refractivity contribution < 1.29 is 42.1 Å². The Hall–Kier alpha value is -1.77. The van der Waals surface area contributed by atoms with Crippen molar-refractivity contribution in [3.63, 3.8) is 0 Å². The Morgan fingerprint density at radius 1 is 0.574 bits per heavy atom. The number of phosphoric acid groups is 1. The Morgan fingerprint density at radius 2 is 1.00 bits per heavy atom. The number of phosphoric ester groups is 1. The molecular weight excluding hydrogens is 701 g/mol. The van der Waals surface area contributed by atoms with E-state index in [4.69, 9.17) is 18.5 Å². The van der Waals surface area contributed by atoms with Gasteiger partial charge in [-0.25, -0.2) is 4.57 Å². The van der Waals surface area contributed by atoms with Crippen LogP contribution in [0.5, 0.6) is 0 Å². The van der Waals surface area contributed by atoms with E-state index in [0.717, 1.165) is 44.9 Å². The van der Waals surface area contributed by atoms with Crippen LogP contribution in [0, 0.1) is 0 Å². The van der Waals surface area contributed by atoms with Crippen LogP contribution in [0.3, 0.4) is 0 Å². The van der Waals surface area contributed by atoms with Crippen molar-refractivity contribution in [2.24, 2.45) is 0 Å². The van der Waals surface area contributed by atoms with E-state index in [1.54, 1.807) is 0 Å². The number of carbonyl (C=O) groups excluding carboxylic acids is 2. The molecule has 0 aromatic heterocycles. The molecule has 0 aliphatic rings. The monoisotopic (exact) mass is 785 g/mol. The van der Waals surface area contributed by atoms with E-state index < -0.39 is 32.5 Å². The number of hydrogen-bond donors (Lipinski definition) is 1. The number of hydrogen-bond acceptors (Lipinski definition) is 7. The van der Waals surface area contributed by atoms with Gasteiger partial charge < -0.3 is 18.9 Å². The van der Waals surface area contributed by atoms with E-state index in [2.05, 4.69) is 50.3 Å². The largest absolute Gasteiger partial charge is 0.472 e. The summed E-state index contributed by atoms with van der Waals surface area (Å²) in [5.74, 6) is -0.840. The van der Waals surface area contributed by atoms with Crippen LogP contribution in [-0.4, -0.2) is 74.9 Å². The van der Waals surface area contributed by atoms with Gasteiger partial charge in [0.05, 0.1) is 27.7 Å². The second kappa shape index (κ2) is 36.8. The molecule has 9 nitrogen and oxygen atoms in total. The van der Waals surface area contributed by atoms with Crippen LogP contribution >= 0.6 is 7.82 Å². The van der Waals surface area contributed by atoms with Gasteiger partial charge >= 0.3 is 19.8 Å². The summed E-state index contributed by atoms with van der Waals surface area (Å²) < 4.78 is 34.2. The zero-order chi connectivity index (χ0) is 40.0. The van der Waals surface area contributed by atoms with Crippen LogP contribution in [0.1, 0.15) is 181 Å². The summed E-state index contributed by atoms with van der Waals surface area (Å²) in [6.45, 7) is 4.35. The van der Waals surface area contributed by atoms with Gasteiger partial charge in [0, 0.05) is 12.8 Å². The lowest BCUT2D eigenvalue weighted by Crippen LogP contribution is -2.37. The molecule has 1 unspecified atom stereocenters. The van der Waals surface area contributed by atoms with Crippen molar-refractivity contribution in [3.05, 3.63) is 36.5 Å². The molecule has 0 rings (SSSR count). The summed E-state index contributed by atoms with van der Waals surface area (Å²) in [5.41, 5.74) is 0. The predicted octanol–water partition coefficient (Wildman–Crippen LogP) is 12.1. The zero-order valence-electron chi connectivity index (χ0n) is 35.5. The molecule has 0 aromatic rings. The number of likely N-dealkylation sites (N-methyl/N-ethyl adjacent to an activating group) is 1. The lowest BCUT2D eigenvalue weighted by atomic mass is 10.0. The zero-order valence-corrected chi connectivity index (χ0v) is 36.3. The molecule has 0 fully saturated rings. The van der Waals surface area contributed by atoms with E-state index in [1.165, 1.54) is 96.3 Å². The third-order valence-electron chi connectivity index (χ3n) is 9.17. The highest BCUT2D eigenvalue weighted by Gasteiger charge is 2.27. The van der Waals surface area contributed by atoms with Gasteiger partial charge in [-0.15, -0.1) is 0 Å². The molecule has 10 heteroatoms. The average Bonchev–Trinajstić information content (AvgIpc) is 3.12. The average molecular weight is 785 g/mol. The van der Waals surface area contributed by atoms with Crippen molar-refractivity contribution in [2.75, 3.05) is 47.5 Å². The molecule has 0 aromatic carbocycles. The maximum Gasteiger partial charge on any atom is 0.472 e.